The molecule has 0 aliphatic carbocycles. The van der Waals surface area contributed by atoms with Gasteiger partial charge < -0.3 is 30.1 Å². The molecule has 2 aliphatic rings. The number of thioether (sulfide) groups is 1. The molecule has 15 heteroatoms. The number of nitro groups is 1. The first-order valence-corrected chi connectivity index (χ1v) is 14.3. The van der Waals surface area contributed by atoms with Crippen LogP contribution in [0, 0.1) is 10.1 Å². The number of nitrogens with one attached hydrogen (secondary N) is 2. The number of carbonyl (C=O) groups is 4. The zero-order valence-corrected chi connectivity index (χ0v) is 24.2. The number of hydrogen-bond acceptors (Lipinski definition) is 10. The Bertz CT molecular complexity index is 1320. The van der Waals surface area contributed by atoms with Gasteiger partial charge in [-0.05, 0) is 71.8 Å². The Labute approximate surface area is 246 Å². The lowest BCUT2D eigenvalue weighted by atomic mass is 9.95. The number of nitro benzene ring substituents is 1. The predicted molar refractivity (Wildman–Crippen MR) is 150 cm³/mol. The Balaban J connectivity index is 1.43. The minimum atomic E-state index is -1.21. The molecule has 2 aliphatic heterocycles. The first-order chi connectivity index (χ1) is 18.9. The number of nitrogens with zero attached hydrogens (tertiary/aromatic N) is 2. The number of aromatic hydroxyl groups is 1. The van der Waals surface area contributed by atoms with Gasteiger partial charge in [0.15, 0.2) is 0 Å². The second-order valence-electron chi connectivity index (χ2n) is 9.49. The molecule has 13 nitrogen and oxygen atoms in total. The highest BCUT2D eigenvalue weighted by atomic mass is 127. The molecular weight excluding hydrogens is 659 g/mol. The van der Waals surface area contributed by atoms with E-state index >= 15 is 0 Å². The molecule has 2 saturated heterocycles. The lowest BCUT2D eigenvalue weighted by Gasteiger charge is -2.44. The number of benzene rings is 2. The fourth-order valence-electron chi connectivity index (χ4n) is 4.49. The number of phenolic OH excluding ortho intramolecular Hbond substituents is 1. The summed E-state index contributed by atoms with van der Waals surface area (Å²) in [4.78, 5) is 63.3. The van der Waals surface area contributed by atoms with Crippen molar-refractivity contribution >= 4 is 63.9 Å². The van der Waals surface area contributed by atoms with E-state index in [0.717, 1.165) is 0 Å². The van der Waals surface area contributed by atoms with Gasteiger partial charge in [-0.3, -0.25) is 19.7 Å². The minimum absolute atomic E-state index is 0.0290. The molecule has 2 fully saturated rings. The van der Waals surface area contributed by atoms with Crippen LogP contribution in [0.15, 0.2) is 48.5 Å². The van der Waals surface area contributed by atoms with Crippen LogP contribution in [0.5, 0.6) is 5.75 Å². The number of amides is 3. The summed E-state index contributed by atoms with van der Waals surface area (Å²) in [6.07, 6.45) is -0.837. The Morgan fingerprint density at radius 1 is 1.15 bits per heavy atom. The number of β-lactam (4-membered cyclic amide) rings is 1. The van der Waals surface area contributed by atoms with Gasteiger partial charge in [-0.25, -0.2) is 9.59 Å². The third kappa shape index (κ3) is 6.09. The number of alkyl halides is 1. The summed E-state index contributed by atoms with van der Waals surface area (Å²) in [5, 5.41) is 25.0. The van der Waals surface area contributed by atoms with Crippen molar-refractivity contribution in [2.24, 2.45) is 0 Å². The van der Waals surface area contributed by atoms with Crippen molar-refractivity contribution in [2.75, 3.05) is 4.61 Å². The van der Waals surface area contributed by atoms with E-state index in [-0.39, 0.29) is 22.7 Å². The van der Waals surface area contributed by atoms with Gasteiger partial charge in [0.2, 0.25) is 11.8 Å². The van der Waals surface area contributed by atoms with E-state index in [1.807, 2.05) is 22.6 Å². The fraction of sp³-hybridized carbons (Fsp3) is 0.360. The van der Waals surface area contributed by atoms with Crippen molar-refractivity contribution < 1.29 is 38.7 Å². The van der Waals surface area contributed by atoms with E-state index in [1.54, 1.807) is 13.8 Å². The number of hydrogen-bond donors (Lipinski definition) is 3. The molecule has 1 unspecified atom stereocenters. The Morgan fingerprint density at radius 3 is 2.40 bits per heavy atom. The third-order valence-corrected chi connectivity index (χ3v) is 8.31. The molecule has 0 saturated carbocycles. The maximum absolute atomic E-state index is 13.2. The van der Waals surface area contributed by atoms with Crippen molar-refractivity contribution in [3.8, 4) is 5.75 Å². The van der Waals surface area contributed by atoms with Crippen LogP contribution in [0.4, 0.5) is 10.5 Å². The van der Waals surface area contributed by atoms with Crippen LogP contribution >= 0.6 is 34.4 Å². The largest absolute Gasteiger partial charge is 0.508 e. The van der Waals surface area contributed by atoms with E-state index < -0.39 is 57.0 Å². The second-order valence-corrected chi connectivity index (χ2v) is 11.9. The molecule has 0 bridgehead atoms. The average molecular weight is 684 g/mol. The summed E-state index contributed by atoms with van der Waals surface area (Å²) in [5.41, 5.74) is 0.819. The third-order valence-electron chi connectivity index (χ3n) is 6.43. The van der Waals surface area contributed by atoms with Crippen LogP contribution in [0.1, 0.15) is 31.0 Å². The summed E-state index contributed by atoms with van der Waals surface area (Å²) < 4.78 is 9.65. The Kier molecular flexibility index (Phi) is 8.72. The molecule has 2 aromatic carbocycles. The standard InChI is InChI=1S/C25H25IN4O9S/c1-25(2)19(23(34)38-11-13-3-7-15(8-4-13)30(36)37)29-21(33)18(22(29)40-25)27-20(32)17(28-24(35)39-12-26)14-5-9-16(31)10-6-14/h3-10,17-19,22,31H,11-12H2,1-2H3,(H,27,32)(H,28,35)/t17?,18-,19+,22-/m1/s1. The molecule has 0 radical (unpaired) electrons. The van der Waals surface area contributed by atoms with E-state index in [9.17, 15) is 34.4 Å². The lowest BCUT2D eigenvalue weighted by Crippen LogP contribution is -2.71. The van der Waals surface area contributed by atoms with Gasteiger partial charge in [-0.2, -0.15) is 0 Å². The Morgan fingerprint density at radius 2 is 1.80 bits per heavy atom. The van der Waals surface area contributed by atoms with Gasteiger partial charge in [-0.1, -0.05) is 12.1 Å². The van der Waals surface area contributed by atoms with Crippen molar-refractivity contribution in [1.29, 1.82) is 0 Å². The molecule has 212 valence electrons. The maximum atomic E-state index is 13.2. The normalized spacial score (nSPS) is 21.4. The summed E-state index contributed by atoms with van der Waals surface area (Å²) in [7, 11) is 0. The Hall–Kier alpha value is -3.60. The van der Waals surface area contributed by atoms with Crippen LogP contribution in [-0.4, -0.2) is 65.6 Å². The zero-order chi connectivity index (χ0) is 29.2. The number of halogens is 1. The molecule has 40 heavy (non-hydrogen) atoms. The summed E-state index contributed by atoms with van der Waals surface area (Å²) in [6, 6.07) is 8.14. The zero-order valence-electron chi connectivity index (χ0n) is 21.2. The van der Waals surface area contributed by atoms with Gasteiger partial charge in [0, 0.05) is 16.9 Å². The summed E-state index contributed by atoms with van der Waals surface area (Å²) >= 11 is 3.17. The van der Waals surface area contributed by atoms with Gasteiger partial charge >= 0.3 is 12.1 Å². The number of esters is 1. The highest BCUT2D eigenvalue weighted by Crippen LogP contribution is 2.51. The van der Waals surface area contributed by atoms with E-state index in [4.69, 9.17) is 9.47 Å². The number of ether oxygens (including phenoxy) is 2. The number of phenols is 1. The average Bonchev–Trinajstić information content (AvgIpc) is 3.17. The predicted octanol–water partition coefficient (Wildman–Crippen LogP) is 2.75. The van der Waals surface area contributed by atoms with E-state index in [0.29, 0.717) is 11.1 Å². The number of carbonyl (C=O) groups excluding carboxylic acids is 4. The van der Waals surface area contributed by atoms with Crippen LogP contribution in [0.25, 0.3) is 0 Å². The first kappa shape index (κ1) is 29.4. The second kappa shape index (κ2) is 11.9. The van der Waals surface area contributed by atoms with E-state index in [2.05, 4.69) is 10.6 Å². The highest BCUT2D eigenvalue weighted by molar-refractivity contribution is 14.1. The van der Waals surface area contributed by atoms with Crippen molar-refractivity contribution in [3.05, 3.63) is 69.8 Å². The molecule has 4 atom stereocenters. The number of fused-ring (bicyclic) bond motifs is 1. The van der Waals surface area contributed by atoms with Crippen molar-refractivity contribution in [2.45, 2.75) is 48.7 Å². The molecule has 0 spiro atoms. The van der Waals surface area contributed by atoms with Gasteiger partial charge in [-0.15, -0.1) is 11.8 Å². The van der Waals surface area contributed by atoms with Crippen LogP contribution < -0.4 is 10.6 Å². The van der Waals surface area contributed by atoms with E-state index in [1.165, 1.54) is 65.2 Å². The summed E-state index contributed by atoms with van der Waals surface area (Å²) in [5.74, 6) is -1.81. The fourth-order valence-corrected chi connectivity index (χ4v) is 6.39. The topological polar surface area (TPSA) is 177 Å². The number of non-ortho nitro benzene ring substituents is 1. The molecule has 3 N–H and O–H groups in total. The van der Waals surface area contributed by atoms with Crippen LogP contribution in [-0.2, 0) is 30.5 Å². The van der Waals surface area contributed by atoms with Crippen LogP contribution in [0.2, 0.25) is 0 Å². The number of rotatable bonds is 9. The minimum Gasteiger partial charge on any atom is -0.508 e. The summed E-state index contributed by atoms with van der Waals surface area (Å²) in [6.45, 7) is 3.45. The van der Waals surface area contributed by atoms with Crippen molar-refractivity contribution in [1.82, 2.24) is 15.5 Å². The molecule has 2 aromatic rings. The van der Waals surface area contributed by atoms with Gasteiger partial charge in [0.1, 0.15) is 40.5 Å². The highest BCUT2D eigenvalue weighted by Gasteiger charge is 2.64. The molecule has 4 rings (SSSR count). The molecule has 3 amide bonds. The maximum Gasteiger partial charge on any atom is 0.408 e. The quantitative estimate of drug-likeness (QED) is 0.0889. The molecule has 0 aromatic heterocycles. The first-order valence-electron chi connectivity index (χ1n) is 11.9. The van der Waals surface area contributed by atoms with Gasteiger partial charge in [0.25, 0.3) is 5.69 Å². The molecular formula is C25H25IN4O9S. The van der Waals surface area contributed by atoms with Crippen molar-refractivity contribution in [3.63, 3.8) is 0 Å². The smallest absolute Gasteiger partial charge is 0.408 e. The van der Waals surface area contributed by atoms with Gasteiger partial charge in [0.05, 0.1) is 4.92 Å². The SMILES string of the molecule is CC1(C)S[C@@H]2[C@H](NC(=O)C(NC(=O)OCI)c3ccc(O)cc3)C(=O)N2[C@H]1C(=O)OCc1ccc([N+](=O)[O-])cc1. The molecule has 2 heterocycles. The lowest BCUT2D eigenvalue weighted by molar-refractivity contribution is -0.384. The monoisotopic (exact) mass is 684 g/mol. The van der Waals surface area contributed by atoms with Crippen LogP contribution in [0.3, 0.4) is 0 Å². The number of alkyl carbamates (subject to hydrolysis) is 1.